The van der Waals surface area contributed by atoms with Gasteiger partial charge in [-0.1, -0.05) is 0 Å². The molecule has 0 saturated carbocycles. The van der Waals surface area contributed by atoms with E-state index < -0.39 is 0 Å². The number of amides is 1. The van der Waals surface area contributed by atoms with Crippen LogP contribution in [0.1, 0.15) is 36.5 Å². The molecule has 1 aromatic carbocycles. The van der Waals surface area contributed by atoms with Gasteiger partial charge < -0.3 is 9.64 Å². The van der Waals surface area contributed by atoms with Crippen LogP contribution in [0.5, 0.6) is 5.75 Å². The summed E-state index contributed by atoms with van der Waals surface area (Å²) in [5.74, 6) is 0.603. The van der Waals surface area contributed by atoms with E-state index in [4.69, 9.17) is 17.0 Å². The van der Waals surface area contributed by atoms with Gasteiger partial charge in [-0.15, -0.1) is 0 Å². The monoisotopic (exact) mass is 292 g/mol. The topological polar surface area (TPSA) is 41.6 Å². The van der Waals surface area contributed by atoms with Gasteiger partial charge in [0.05, 0.1) is 6.61 Å². The van der Waals surface area contributed by atoms with Gasteiger partial charge in [-0.05, 0) is 62.7 Å². The molecule has 5 heteroatoms. The Bertz CT molecular complexity index is 467. The van der Waals surface area contributed by atoms with Gasteiger partial charge in [0.1, 0.15) is 5.75 Å². The van der Waals surface area contributed by atoms with Crippen LogP contribution in [0.15, 0.2) is 24.3 Å². The van der Waals surface area contributed by atoms with Crippen molar-refractivity contribution in [3.8, 4) is 5.75 Å². The van der Waals surface area contributed by atoms with E-state index in [1.165, 1.54) is 6.42 Å². The lowest BCUT2D eigenvalue weighted by atomic mass is 10.1. The molecule has 0 spiro atoms. The number of piperidine rings is 1. The molecule has 1 aromatic rings. The number of nitrogens with zero attached hydrogens (tertiary/aromatic N) is 1. The molecule has 108 valence electrons. The molecule has 1 N–H and O–H groups in total. The van der Waals surface area contributed by atoms with Crippen LogP contribution >= 0.6 is 12.2 Å². The van der Waals surface area contributed by atoms with Crippen LogP contribution in [0, 0.1) is 0 Å². The first-order valence-corrected chi connectivity index (χ1v) is 7.44. The fourth-order valence-corrected chi connectivity index (χ4v) is 2.49. The molecule has 1 aliphatic heterocycles. The highest BCUT2D eigenvalue weighted by atomic mass is 32.1. The van der Waals surface area contributed by atoms with Gasteiger partial charge in [-0.25, -0.2) is 0 Å². The first-order valence-electron chi connectivity index (χ1n) is 7.04. The Kier molecular flexibility index (Phi) is 5.35. The molecule has 1 saturated heterocycles. The van der Waals surface area contributed by atoms with E-state index in [2.05, 4.69) is 10.2 Å². The zero-order valence-electron chi connectivity index (χ0n) is 11.7. The summed E-state index contributed by atoms with van der Waals surface area (Å²) in [4.78, 5) is 14.2. The number of nitrogens with one attached hydrogen (secondary N) is 1. The zero-order valence-corrected chi connectivity index (χ0v) is 12.5. The predicted octanol–water partition coefficient (Wildman–Crippen LogP) is 2.59. The Morgan fingerprint density at radius 3 is 2.50 bits per heavy atom. The van der Waals surface area contributed by atoms with Crippen LogP contribution in [0.2, 0.25) is 0 Å². The minimum Gasteiger partial charge on any atom is -0.494 e. The van der Waals surface area contributed by atoms with Gasteiger partial charge in [-0.3, -0.25) is 10.1 Å². The third-order valence-electron chi connectivity index (χ3n) is 3.29. The Morgan fingerprint density at radius 1 is 1.25 bits per heavy atom. The van der Waals surface area contributed by atoms with Crippen LogP contribution in [0.25, 0.3) is 0 Å². The molecule has 1 amide bonds. The van der Waals surface area contributed by atoms with Crippen molar-refractivity contribution in [1.82, 2.24) is 10.2 Å². The predicted molar refractivity (Wildman–Crippen MR) is 83.1 cm³/mol. The minimum absolute atomic E-state index is 0.163. The summed E-state index contributed by atoms with van der Waals surface area (Å²) < 4.78 is 5.35. The second kappa shape index (κ2) is 7.24. The Morgan fingerprint density at radius 2 is 1.90 bits per heavy atom. The van der Waals surface area contributed by atoms with Gasteiger partial charge in [0.25, 0.3) is 5.91 Å². The molecule has 0 radical (unpaired) electrons. The molecule has 2 rings (SSSR count). The molecule has 4 nitrogen and oxygen atoms in total. The third kappa shape index (κ3) is 3.93. The van der Waals surface area contributed by atoms with E-state index in [-0.39, 0.29) is 5.91 Å². The van der Waals surface area contributed by atoms with Crippen molar-refractivity contribution in [2.45, 2.75) is 26.2 Å². The summed E-state index contributed by atoms with van der Waals surface area (Å²) in [6.07, 6.45) is 3.52. The largest absolute Gasteiger partial charge is 0.494 e. The zero-order chi connectivity index (χ0) is 14.4. The third-order valence-corrected chi connectivity index (χ3v) is 3.65. The summed E-state index contributed by atoms with van der Waals surface area (Å²) in [5, 5.41) is 3.33. The average Bonchev–Trinajstić information content (AvgIpc) is 2.49. The van der Waals surface area contributed by atoms with E-state index in [0.29, 0.717) is 17.3 Å². The van der Waals surface area contributed by atoms with Crippen molar-refractivity contribution >= 4 is 23.2 Å². The lowest BCUT2D eigenvalue weighted by Crippen LogP contribution is -2.44. The van der Waals surface area contributed by atoms with Gasteiger partial charge >= 0.3 is 0 Å². The SMILES string of the molecule is CCOc1ccc(C(=O)NC(=S)N2CCCCC2)cc1. The standard InChI is InChI=1S/C15H20N2O2S/c1-2-19-13-8-6-12(7-9-13)14(18)16-15(20)17-10-4-3-5-11-17/h6-9H,2-5,10-11H2,1H3,(H,16,18,20). The normalized spacial score (nSPS) is 14.8. The van der Waals surface area contributed by atoms with E-state index in [1.54, 1.807) is 24.3 Å². The molecule has 1 heterocycles. The molecule has 0 atom stereocenters. The molecular formula is C15H20N2O2S. The van der Waals surface area contributed by atoms with Crippen molar-refractivity contribution in [3.05, 3.63) is 29.8 Å². The van der Waals surface area contributed by atoms with E-state index in [9.17, 15) is 4.79 Å². The smallest absolute Gasteiger partial charge is 0.257 e. The van der Waals surface area contributed by atoms with Crippen molar-refractivity contribution in [1.29, 1.82) is 0 Å². The highest BCUT2D eigenvalue weighted by Gasteiger charge is 2.16. The molecule has 1 aliphatic rings. The molecule has 20 heavy (non-hydrogen) atoms. The summed E-state index contributed by atoms with van der Waals surface area (Å²) in [5.41, 5.74) is 0.591. The lowest BCUT2D eigenvalue weighted by molar-refractivity contribution is 0.0972. The first-order chi connectivity index (χ1) is 9.70. The van der Waals surface area contributed by atoms with Crippen molar-refractivity contribution in [2.75, 3.05) is 19.7 Å². The van der Waals surface area contributed by atoms with Gasteiger partial charge in [0.15, 0.2) is 5.11 Å². The number of rotatable bonds is 3. The fourth-order valence-electron chi connectivity index (χ4n) is 2.21. The maximum Gasteiger partial charge on any atom is 0.257 e. The second-order valence-corrected chi connectivity index (χ2v) is 5.15. The maximum absolute atomic E-state index is 12.1. The van der Waals surface area contributed by atoms with E-state index in [1.807, 2.05) is 6.92 Å². The highest BCUT2D eigenvalue weighted by molar-refractivity contribution is 7.80. The Hall–Kier alpha value is -1.62. The number of thiocarbonyl (C=S) groups is 1. The number of hydrogen-bond donors (Lipinski definition) is 1. The van der Waals surface area contributed by atoms with Gasteiger partial charge in [-0.2, -0.15) is 0 Å². The fraction of sp³-hybridized carbons (Fsp3) is 0.467. The number of carbonyl (C=O) groups excluding carboxylic acids is 1. The van der Waals surface area contributed by atoms with Crippen LogP contribution in [-0.4, -0.2) is 35.6 Å². The van der Waals surface area contributed by atoms with Crippen molar-refractivity contribution in [3.63, 3.8) is 0 Å². The minimum atomic E-state index is -0.163. The maximum atomic E-state index is 12.1. The van der Waals surface area contributed by atoms with Crippen LogP contribution in [0.3, 0.4) is 0 Å². The molecule has 0 aliphatic carbocycles. The second-order valence-electron chi connectivity index (χ2n) is 4.76. The quantitative estimate of drug-likeness (QED) is 0.870. The molecule has 0 bridgehead atoms. The van der Waals surface area contributed by atoms with Gasteiger partial charge in [0, 0.05) is 18.7 Å². The number of carbonyl (C=O) groups is 1. The number of benzene rings is 1. The average molecular weight is 292 g/mol. The number of likely N-dealkylation sites (tertiary alicyclic amines) is 1. The molecule has 0 aromatic heterocycles. The van der Waals surface area contributed by atoms with Crippen LogP contribution in [-0.2, 0) is 0 Å². The van der Waals surface area contributed by atoms with Crippen molar-refractivity contribution < 1.29 is 9.53 Å². The Labute approximate surface area is 125 Å². The summed E-state index contributed by atoms with van der Waals surface area (Å²) >= 11 is 5.29. The highest BCUT2D eigenvalue weighted by Crippen LogP contribution is 2.13. The Balaban J connectivity index is 1.91. The van der Waals surface area contributed by atoms with E-state index >= 15 is 0 Å². The molecule has 1 fully saturated rings. The summed E-state index contributed by atoms with van der Waals surface area (Å²) in [7, 11) is 0. The van der Waals surface area contributed by atoms with Crippen LogP contribution < -0.4 is 10.1 Å². The number of hydrogen-bond acceptors (Lipinski definition) is 3. The molecular weight excluding hydrogens is 272 g/mol. The number of ether oxygens (including phenoxy) is 1. The van der Waals surface area contributed by atoms with Crippen molar-refractivity contribution in [2.24, 2.45) is 0 Å². The molecule has 0 unspecified atom stereocenters. The van der Waals surface area contributed by atoms with E-state index in [0.717, 1.165) is 31.7 Å². The van der Waals surface area contributed by atoms with Crippen LogP contribution in [0.4, 0.5) is 0 Å². The summed E-state index contributed by atoms with van der Waals surface area (Å²) in [6.45, 7) is 4.41. The van der Waals surface area contributed by atoms with Gasteiger partial charge in [0.2, 0.25) is 0 Å². The lowest BCUT2D eigenvalue weighted by Gasteiger charge is -2.28. The first kappa shape index (κ1) is 14.8. The summed E-state index contributed by atoms with van der Waals surface area (Å²) in [6, 6.07) is 7.09.